The topological polar surface area (TPSA) is 59.1 Å². The van der Waals surface area contributed by atoms with Crippen LogP contribution in [0.3, 0.4) is 0 Å². The van der Waals surface area contributed by atoms with Gasteiger partial charge in [-0.3, -0.25) is 0 Å². The summed E-state index contributed by atoms with van der Waals surface area (Å²) in [5.41, 5.74) is 0. The molecule has 6 heteroatoms. The molecular formula is C13H24N4OS. The molecule has 1 heterocycles. The van der Waals surface area contributed by atoms with Crippen LogP contribution < -0.4 is 10.6 Å². The zero-order chi connectivity index (χ0) is 14.1. The maximum atomic E-state index is 5.11. The largest absolute Gasteiger partial charge is 0.377 e. The molecule has 1 unspecified atom stereocenters. The Kier molecular flexibility index (Phi) is 7.59. The number of aromatic nitrogens is 2. The highest BCUT2D eigenvalue weighted by Crippen LogP contribution is 2.14. The van der Waals surface area contributed by atoms with E-state index in [1.807, 2.05) is 17.8 Å². The lowest BCUT2D eigenvalue weighted by Crippen LogP contribution is -2.19. The van der Waals surface area contributed by atoms with Crippen molar-refractivity contribution in [3.63, 3.8) is 0 Å². The smallest absolute Gasteiger partial charge is 0.158 e. The van der Waals surface area contributed by atoms with Crippen molar-refractivity contribution in [3.05, 3.63) is 11.9 Å². The molecule has 0 aliphatic heterocycles. The standard InChI is InChI=1S/C13H24N4OS/c1-5-6-14-11-7-12(15-10(2)9-19-4)17-13(16-11)8-18-3/h7,10H,5-6,8-9H2,1-4H3,(H2,14,15,16,17). The summed E-state index contributed by atoms with van der Waals surface area (Å²) < 4.78 is 5.11. The number of rotatable bonds is 9. The Morgan fingerprint density at radius 2 is 2.11 bits per heavy atom. The number of hydrogen-bond acceptors (Lipinski definition) is 6. The van der Waals surface area contributed by atoms with Crippen molar-refractivity contribution in [1.29, 1.82) is 0 Å². The Hall–Kier alpha value is -1.01. The Morgan fingerprint density at radius 3 is 2.74 bits per heavy atom. The van der Waals surface area contributed by atoms with E-state index in [4.69, 9.17) is 4.74 Å². The molecule has 5 nitrogen and oxygen atoms in total. The van der Waals surface area contributed by atoms with E-state index in [0.717, 1.165) is 30.4 Å². The predicted octanol–water partition coefficient (Wildman–Crippen LogP) is 2.61. The second-order valence-corrected chi connectivity index (χ2v) is 5.33. The molecule has 1 aromatic heterocycles. The highest BCUT2D eigenvalue weighted by Gasteiger charge is 2.07. The van der Waals surface area contributed by atoms with Crippen LogP contribution in [-0.2, 0) is 11.3 Å². The summed E-state index contributed by atoms with van der Waals surface area (Å²) in [6.45, 7) is 5.61. The predicted molar refractivity (Wildman–Crippen MR) is 83.0 cm³/mol. The molecule has 0 amide bonds. The van der Waals surface area contributed by atoms with Gasteiger partial charge in [0.1, 0.15) is 18.2 Å². The molecule has 0 aliphatic rings. The van der Waals surface area contributed by atoms with Crippen LogP contribution in [0.5, 0.6) is 0 Å². The molecule has 0 saturated carbocycles. The second-order valence-electron chi connectivity index (χ2n) is 4.42. The van der Waals surface area contributed by atoms with Gasteiger partial charge in [0.2, 0.25) is 0 Å². The Labute approximate surface area is 119 Å². The summed E-state index contributed by atoms with van der Waals surface area (Å²) in [4.78, 5) is 8.88. The third kappa shape index (κ3) is 6.11. The van der Waals surface area contributed by atoms with Gasteiger partial charge in [0.05, 0.1) is 0 Å². The van der Waals surface area contributed by atoms with E-state index in [1.165, 1.54) is 0 Å². The number of ether oxygens (including phenoxy) is 1. The van der Waals surface area contributed by atoms with E-state index in [2.05, 4.69) is 40.7 Å². The number of nitrogens with zero attached hydrogens (tertiary/aromatic N) is 2. The first-order chi connectivity index (χ1) is 9.19. The van der Waals surface area contributed by atoms with Crippen LogP contribution in [-0.4, -0.2) is 41.7 Å². The maximum absolute atomic E-state index is 5.11. The molecule has 0 radical (unpaired) electrons. The summed E-state index contributed by atoms with van der Waals surface area (Å²) >= 11 is 1.82. The van der Waals surface area contributed by atoms with Crippen molar-refractivity contribution in [2.45, 2.75) is 32.9 Å². The Balaban J connectivity index is 2.79. The van der Waals surface area contributed by atoms with Crippen molar-refractivity contribution in [2.24, 2.45) is 0 Å². The monoisotopic (exact) mass is 284 g/mol. The van der Waals surface area contributed by atoms with Gasteiger partial charge >= 0.3 is 0 Å². The van der Waals surface area contributed by atoms with Crippen molar-refractivity contribution in [1.82, 2.24) is 9.97 Å². The fourth-order valence-electron chi connectivity index (χ4n) is 1.65. The number of methoxy groups -OCH3 is 1. The van der Waals surface area contributed by atoms with Gasteiger partial charge in [-0.25, -0.2) is 9.97 Å². The Bertz CT molecular complexity index is 376. The second kappa shape index (κ2) is 8.98. The minimum Gasteiger partial charge on any atom is -0.377 e. The molecule has 1 atom stereocenters. The summed E-state index contributed by atoms with van der Waals surface area (Å²) in [5, 5.41) is 6.68. The minimum atomic E-state index is 0.374. The molecule has 108 valence electrons. The summed E-state index contributed by atoms with van der Waals surface area (Å²) in [6.07, 6.45) is 3.16. The first kappa shape index (κ1) is 16.0. The molecule has 0 fully saturated rings. The maximum Gasteiger partial charge on any atom is 0.158 e. The number of nitrogens with one attached hydrogen (secondary N) is 2. The van der Waals surface area contributed by atoms with Crippen LogP contribution >= 0.6 is 11.8 Å². The van der Waals surface area contributed by atoms with Crippen molar-refractivity contribution in [2.75, 3.05) is 36.3 Å². The van der Waals surface area contributed by atoms with Crippen molar-refractivity contribution >= 4 is 23.4 Å². The van der Waals surface area contributed by atoms with Crippen LogP contribution in [0.25, 0.3) is 0 Å². The van der Waals surface area contributed by atoms with Crippen LogP contribution in [0, 0.1) is 0 Å². The third-order valence-corrected chi connectivity index (χ3v) is 3.25. The molecule has 0 aromatic carbocycles. The third-order valence-electron chi connectivity index (χ3n) is 2.41. The van der Waals surface area contributed by atoms with Crippen LogP contribution in [0.1, 0.15) is 26.1 Å². The lowest BCUT2D eigenvalue weighted by atomic mass is 10.3. The van der Waals surface area contributed by atoms with E-state index in [-0.39, 0.29) is 0 Å². The molecule has 2 N–H and O–H groups in total. The zero-order valence-electron chi connectivity index (χ0n) is 12.2. The highest BCUT2D eigenvalue weighted by atomic mass is 32.2. The van der Waals surface area contributed by atoms with Gasteiger partial charge in [0.25, 0.3) is 0 Å². The van der Waals surface area contributed by atoms with E-state index in [1.54, 1.807) is 7.11 Å². The van der Waals surface area contributed by atoms with Gasteiger partial charge in [-0.2, -0.15) is 11.8 Å². The fraction of sp³-hybridized carbons (Fsp3) is 0.692. The van der Waals surface area contributed by atoms with E-state index >= 15 is 0 Å². The first-order valence-electron chi connectivity index (χ1n) is 6.55. The first-order valence-corrected chi connectivity index (χ1v) is 7.95. The van der Waals surface area contributed by atoms with Crippen molar-refractivity contribution in [3.8, 4) is 0 Å². The molecule has 0 aliphatic carbocycles. The molecule has 19 heavy (non-hydrogen) atoms. The lowest BCUT2D eigenvalue weighted by molar-refractivity contribution is 0.178. The summed E-state index contributed by atoms with van der Waals surface area (Å²) in [6, 6.07) is 2.32. The minimum absolute atomic E-state index is 0.374. The number of thioether (sulfide) groups is 1. The zero-order valence-corrected chi connectivity index (χ0v) is 13.0. The molecule has 0 bridgehead atoms. The van der Waals surface area contributed by atoms with Crippen molar-refractivity contribution < 1.29 is 4.74 Å². The van der Waals surface area contributed by atoms with E-state index < -0.39 is 0 Å². The van der Waals surface area contributed by atoms with Gasteiger partial charge in [0, 0.05) is 31.5 Å². The molecule has 0 spiro atoms. The van der Waals surface area contributed by atoms with Gasteiger partial charge in [-0.05, 0) is 19.6 Å². The lowest BCUT2D eigenvalue weighted by Gasteiger charge is -2.15. The van der Waals surface area contributed by atoms with Crippen LogP contribution in [0.4, 0.5) is 11.6 Å². The average Bonchev–Trinajstić information content (AvgIpc) is 2.36. The number of anilines is 2. The number of hydrogen-bond donors (Lipinski definition) is 2. The fourth-order valence-corrected chi connectivity index (χ4v) is 2.24. The van der Waals surface area contributed by atoms with Gasteiger partial charge < -0.3 is 15.4 Å². The summed E-state index contributed by atoms with van der Waals surface area (Å²) in [5.74, 6) is 3.44. The quantitative estimate of drug-likeness (QED) is 0.727. The normalized spacial score (nSPS) is 12.2. The van der Waals surface area contributed by atoms with E-state index in [9.17, 15) is 0 Å². The molecule has 0 saturated heterocycles. The van der Waals surface area contributed by atoms with Crippen LogP contribution in [0.15, 0.2) is 6.07 Å². The van der Waals surface area contributed by atoms with Gasteiger partial charge in [0.15, 0.2) is 5.82 Å². The Morgan fingerprint density at radius 1 is 1.37 bits per heavy atom. The van der Waals surface area contributed by atoms with Gasteiger partial charge in [-0.15, -0.1) is 0 Å². The summed E-state index contributed by atoms with van der Waals surface area (Å²) in [7, 11) is 1.65. The average molecular weight is 284 g/mol. The van der Waals surface area contributed by atoms with Gasteiger partial charge in [-0.1, -0.05) is 6.92 Å². The molecular weight excluding hydrogens is 260 g/mol. The van der Waals surface area contributed by atoms with Crippen LogP contribution in [0.2, 0.25) is 0 Å². The highest BCUT2D eigenvalue weighted by molar-refractivity contribution is 7.98. The van der Waals surface area contributed by atoms with E-state index in [0.29, 0.717) is 18.5 Å². The molecule has 1 rings (SSSR count). The molecule has 1 aromatic rings. The SMILES string of the molecule is CCCNc1cc(NC(C)CSC)nc(COC)n1.